The van der Waals surface area contributed by atoms with E-state index in [-0.39, 0.29) is 18.5 Å². The van der Waals surface area contributed by atoms with Crippen LogP contribution in [0.5, 0.6) is 0 Å². The van der Waals surface area contributed by atoms with Gasteiger partial charge in [0.15, 0.2) is 0 Å². The third kappa shape index (κ3) is 41.0. The van der Waals surface area contributed by atoms with Crippen molar-refractivity contribution < 1.29 is 24.5 Å². The van der Waals surface area contributed by atoms with Crippen LogP contribution < -0.4 is 5.32 Å². The van der Waals surface area contributed by atoms with E-state index in [4.69, 9.17) is 4.74 Å². The lowest BCUT2D eigenvalue weighted by molar-refractivity contribution is -0.143. The van der Waals surface area contributed by atoms with Crippen molar-refractivity contribution in [1.29, 1.82) is 0 Å². The van der Waals surface area contributed by atoms with Gasteiger partial charge in [-0.25, -0.2) is 0 Å². The predicted octanol–water partition coefficient (Wildman–Crippen LogP) is 13.3. The Hall–Kier alpha value is -2.44. The second-order valence-electron chi connectivity index (χ2n) is 15.4. The third-order valence-electron chi connectivity index (χ3n) is 10.00. The van der Waals surface area contributed by atoms with Crippen molar-refractivity contribution in [3.8, 4) is 0 Å². The molecule has 0 saturated carbocycles. The number of carbonyl (C=O) groups excluding carboxylic acids is 2. The van der Waals surface area contributed by atoms with Gasteiger partial charge in [-0.1, -0.05) is 184 Å². The smallest absolute Gasteiger partial charge is 0.305 e. The molecule has 0 aromatic heterocycles. The number of rotatable bonds is 41. The second kappa shape index (κ2) is 44.3. The molecule has 55 heavy (non-hydrogen) atoms. The number of hydrogen-bond donors (Lipinski definition) is 3. The van der Waals surface area contributed by atoms with E-state index in [0.29, 0.717) is 25.9 Å². The maximum Gasteiger partial charge on any atom is 0.305 e. The predicted molar refractivity (Wildman–Crippen MR) is 236 cm³/mol. The number of esters is 1. The Labute approximate surface area is 339 Å². The highest BCUT2D eigenvalue weighted by molar-refractivity contribution is 5.76. The first-order chi connectivity index (χ1) is 27.0. The molecule has 1 amide bonds. The SMILES string of the molecule is CCC/C=C\C/C=C\CCCCCCCC(=O)OCCCCCCCC/C=C\C/C=C\CCC(=O)NC(CO)C(O)/C=C/CCCCCCCCCCCC. The first kappa shape index (κ1) is 52.6. The number of unbranched alkanes of at least 4 members (excludes halogenated alkanes) is 22. The minimum Gasteiger partial charge on any atom is -0.466 e. The van der Waals surface area contributed by atoms with E-state index in [1.54, 1.807) is 6.08 Å². The number of ether oxygens (including phenoxy) is 1. The van der Waals surface area contributed by atoms with Gasteiger partial charge in [0.05, 0.1) is 25.4 Å². The lowest BCUT2D eigenvalue weighted by Crippen LogP contribution is -2.45. The summed E-state index contributed by atoms with van der Waals surface area (Å²) in [5, 5.41) is 22.9. The minimum absolute atomic E-state index is 0.0356. The second-order valence-corrected chi connectivity index (χ2v) is 15.4. The van der Waals surface area contributed by atoms with Crippen molar-refractivity contribution in [2.45, 2.75) is 225 Å². The number of nitrogens with one attached hydrogen (secondary N) is 1. The van der Waals surface area contributed by atoms with E-state index in [0.717, 1.165) is 64.2 Å². The van der Waals surface area contributed by atoms with E-state index in [1.165, 1.54) is 116 Å². The third-order valence-corrected chi connectivity index (χ3v) is 10.00. The number of aliphatic hydroxyl groups excluding tert-OH is 2. The molecular weight excluding hydrogens is 683 g/mol. The van der Waals surface area contributed by atoms with E-state index in [2.05, 4.69) is 61.7 Å². The summed E-state index contributed by atoms with van der Waals surface area (Å²) in [4.78, 5) is 24.3. The van der Waals surface area contributed by atoms with E-state index < -0.39 is 12.1 Å². The number of allylic oxidation sites excluding steroid dienone is 9. The highest BCUT2D eigenvalue weighted by atomic mass is 16.5. The molecule has 0 radical (unpaired) electrons. The van der Waals surface area contributed by atoms with Gasteiger partial charge >= 0.3 is 5.97 Å². The van der Waals surface area contributed by atoms with E-state index in [1.807, 2.05) is 12.2 Å². The zero-order chi connectivity index (χ0) is 40.1. The van der Waals surface area contributed by atoms with Crippen molar-refractivity contribution in [1.82, 2.24) is 5.32 Å². The maximum absolute atomic E-state index is 12.3. The number of aliphatic hydroxyl groups is 2. The summed E-state index contributed by atoms with van der Waals surface area (Å²) in [6.45, 7) is 4.73. The molecule has 318 valence electrons. The largest absolute Gasteiger partial charge is 0.466 e. The molecule has 0 aliphatic rings. The van der Waals surface area contributed by atoms with Gasteiger partial charge < -0.3 is 20.3 Å². The van der Waals surface area contributed by atoms with Crippen LogP contribution in [0.1, 0.15) is 213 Å². The number of carbonyl (C=O) groups is 2. The zero-order valence-electron chi connectivity index (χ0n) is 35.9. The lowest BCUT2D eigenvalue weighted by atomic mass is 10.1. The van der Waals surface area contributed by atoms with Crippen LogP contribution in [0.2, 0.25) is 0 Å². The van der Waals surface area contributed by atoms with Crippen molar-refractivity contribution in [2.24, 2.45) is 0 Å². The fourth-order valence-corrected chi connectivity index (χ4v) is 6.42. The summed E-state index contributed by atoms with van der Waals surface area (Å²) < 4.78 is 5.42. The summed E-state index contributed by atoms with van der Waals surface area (Å²) in [5.41, 5.74) is 0. The summed E-state index contributed by atoms with van der Waals surface area (Å²) in [6.07, 6.45) is 55.0. The Bertz CT molecular complexity index is 984. The number of hydrogen-bond acceptors (Lipinski definition) is 5. The molecule has 2 unspecified atom stereocenters. The Kier molecular flexibility index (Phi) is 42.3. The standard InChI is InChI=1S/C49H87NO5/c1-3-5-7-9-11-13-15-18-23-27-31-35-39-43-49(54)55-44-40-36-32-28-24-20-17-19-22-26-30-34-38-42-48(53)50-46(45-51)47(52)41-37-33-29-25-21-16-14-12-10-8-6-4-2/h7,9,13,15,19,22,30,34,37,41,46-47,51-52H,3-6,8,10-12,14,16-18,20-21,23-29,31-33,35-36,38-40,42-45H2,1-2H3,(H,50,53)/b9-7-,15-13-,22-19-,34-30-,41-37+. The number of amides is 1. The molecule has 2 atom stereocenters. The van der Waals surface area contributed by atoms with Gasteiger partial charge in [-0.3, -0.25) is 9.59 Å². The summed E-state index contributed by atoms with van der Waals surface area (Å²) in [5.74, 6) is -0.189. The van der Waals surface area contributed by atoms with Crippen LogP contribution in [0, 0.1) is 0 Å². The molecule has 0 aliphatic carbocycles. The molecule has 0 aromatic rings. The lowest BCUT2D eigenvalue weighted by Gasteiger charge is -2.19. The zero-order valence-corrected chi connectivity index (χ0v) is 35.9. The van der Waals surface area contributed by atoms with Crippen LogP contribution in [0.25, 0.3) is 0 Å². The first-order valence-corrected chi connectivity index (χ1v) is 23.1. The van der Waals surface area contributed by atoms with Crippen molar-refractivity contribution in [2.75, 3.05) is 13.2 Å². The Morgan fingerprint density at radius 2 is 0.964 bits per heavy atom. The summed E-state index contributed by atoms with van der Waals surface area (Å²) in [6, 6.07) is -0.672. The van der Waals surface area contributed by atoms with Crippen LogP contribution in [0.3, 0.4) is 0 Å². The molecule has 6 heteroatoms. The topological polar surface area (TPSA) is 95.9 Å². The molecule has 6 nitrogen and oxygen atoms in total. The first-order valence-electron chi connectivity index (χ1n) is 23.1. The van der Waals surface area contributed by atoms with Gasteiger partial charge in [0.1, 0.15) is 0 Å². The minimum atomic E-state index is -0.879. The molecule has 3 N–H and O–H groups in total. The van der Waals surface area contributed by atoms with Gasteiger partial charge in [0.25, 0.3) is 0 Å². The summed E-state index contributed by atoms with van der Waals surface area (Å²) in [7, 11) is 0. The molecule has 0 fully saturated rings. The van der Waals surface area contributed by atoms with Gasteiger partial charge in [-0.05, 0) is 77.0 Å². The van der Waals surface area contributed by atoms with Gasteiger partial charge in [0.2, 0.25) is 5.91 Å². The molecule has 0 spiro atoms. The van der Waals surface area contributed by atoms with Crippen LogP contribution in [0.4, 0.5) is 0 Å². The van der Waals surface area contributed by atoms with E-state index in [9.17, 15) is 19.8 Å². The van der Waals surface area contributed by atoms with Crippen LogP contribution >= 0.6 is 0 Å². The average molecular weight is 770 g/mol. The van der Waals surface area contributed by atoms with Crippen LogP contribution in [-0.4, -0.2) is 47.4 Å². The fourth-order valence-electron chi connectivity index (χ4n) is 6.42. The van der Waals surface area contributed by atoms with Crippen molar-refractivity contribution in [3.05, 3.63) is 60.8 Å². The monoisotopic (exact) mass is 770 g/mol. The van der Waals surface area contributed by atoms with Crippen LogP contribution in [-0.2, 0) is 14.3 Å². The highest BCUT2D eigenvalue weighted by Crippen LogP contribution is 2.13. The van der Waals surface area contributed by atoms with Gasteiger partial charge in [-0.15, -0.1) is 0 Å². The Morgan fingerprint density at radius 1 is 0.509 bits per heavy atom. The summed E-state index contributed by atoms with van der Waals surface area (Å²) >= 11 is 0. The Morgan fingerprint density at radius 3 is 1.49 bits per heavy atom. The molecule has 0 rings (SSSR count). The average Bonchev–Trinajstić information content (AvgIpc) is 3.18. The van der Waals surface area contributed by atoms with Gasteiger partial charge in [0, 0.05) is 12.8 Å². The molecule has 0 saturated heterocycles. The quantitative estimate of drug-likeness (QED) is 0.0327. The molecule has 0 aromatic carbocycles. The molecule has 0 aliphatic heterocycles. The fraction of sp³-hybridized carbons (Fsp3) is 0.755. The maximum atomic E-state index is 12.3. The Balaban J connectivity index is 3.62. The molecule has 0 heterocycles. The van der Waals surface area contributed by atoms with Gasteiger partial charge in [-0.2, -0.15) is 0 Å². The van der Waals surface area contributed by atoms with Crippen molar-refractivity contribution in [3.63, 3.8) is 0 Å². The van der Waals surface area contributed by atoms with Crippen molar-refractivity contribution >= 4 is 11.9 Å². The molecule has 0 bridgehead atoms. The highest BCUT2D eigenvalue weighted by Gasteiger charge is 2.17. The van der Waals surface area contributed by atoms with E-state index >= 15 is 0 Å². The normalized spacial score (nSPS) is 13.3. The molecular formula is C49H87NO5. The van der Waals surface area contributed by atoms with Crippen LogP contribution in [0.15, 0.2) is 60.8 Å².